The molecule has 2 aromatic heterocycles. The van der Waals surface area contributed by atoms with Crippen molar-refractivity contribution >= 4 is 43.9 Å². The lowest BCUT2D eigenvalue weighted by Crippen LogP contribution is -2.35. The van der Waals surface area contributed by atoms with Gasteiger partial charge in [-0.05, 0) is 50.1 Å². The van der Waals surface area contributed by atoms with Crippen molar-refractivity contribution in [3.8, 4) is 0 Å². The van der Waals surface area contributed by atoms with Gasteiger partial charge in [-0.3, -0.25) is 0 Å². The fourth-order valence-corrected chi connectivity index (χ4v) is 6.54. The molecule has 3 heterocycles. The SMILES string of the molecule is CCn1c(CSc2nc3ccccc3[nH]2)nc2cc(S(=O)(=O)N3CCCCC3)ccc21. The number of imidazole rings is 2. The molecule has 7 nitrogen and oxygen atoms in total. The standard InChI is InChI=1S/C22H25N5O2S2/c1-2-27-20-11-10-16(31(28,29)26-12-6-3-7-13-26)14-19(20)23-21(27)15-30-22-24-17-8-4-5-9-18(17)25-22/h4-5,8-11,14H,2-3,6-7,12-13,15H2,1H3,(H,24,25). The van der Waals surface area contributed by atoms with Crippen LogP contribution in [0.1, 0.15) is 32.0 Å². The van der Waals surface area contributed by atoms with E-state index in [4.69, 9.17) is 4.98 Å². The summed E-state index contributed by atoms with van der Waals surface area (Å²) >= 11 is 1.60. The Kier molecular flexibility index (Phi) is 5.49. The Labute approximate surface area is 185 Å². The Morgan fingerprint density at radius 2 is 1.84 bits per heavy atom. The average Bonchev–Trinajstić information content (AvgIpc) is 3.38. The van der Waals surface area contributed by atoms with Crippen LogP contribution in [0, 0.1) is 0 Å². The number of rotatable bonds is 6. The highest BCUT2D eigenvalue weighted by Crippen LogP contribution is 2.28. The van der Waals surface area contributed by atoms with Crippen LogP contribution in [0.15, 0.2) is 52.5 Å². The molecule has 9 heteroatoms. The molecule has 1 N–H and O–H groups in total. The summed E-state index contributed by atoms with van der Waals surface area (Å²) in [5.74, 6) is 1.56. The number of piperidine rings is 1. The molecule has 0 spiro atoms. The lowest BCUT2D eigenvalue weighted by molar-refractivity contribution is 0.346. The number of hydrogen-bond acceptors (Lipinski definition) is 5. The summed E-state index contributed by atoms with van der Waals surface area (Å²) in [4.78, 5) is 13.1. The number of para-hydroxylation sites is 2. The van der Waals surface area contributed by atoms with Gasteiger partial charge in [0.25, 0.3) is 0 Å². The van der Waals surface area contributed by atoms with Crippen LogP contribution in [0.3, 0.4) is 0 Å². The van der Waals surface area contributed by atoms with E-state index in [0.717, 1.165) is 58.9 Å². The number of nitrogens with one attached hydrogen (secondary N) is 1. The maximum atomic E-state index is 13.1. The molecule has 0 saturated carbocycles. The van der Waals surface area contributed by atoms with Gasteiger partial charge in [-0.1, -0.05) is 30.3 Å². The largest absolute Gasteiger partial charge is 0.333 e. The van der Waals surface area contributed by atoms with Gasteiger partial charge in [0.05, 0.1) is 32.7 Å². The van der Waals surface area contributed by atoms with E-state index in [1.807, 2.05) is 30.3 Å². The first-order valence-corrected chi connectivity index (χ1v) is 13.1. The summed E-state index contributed by atoms with van der Waals surface area (Å²) in [6, 6.07) is 13.3. The maximum Gasteiger partial charge on any atom is 0.243 e. The third-order valence-electron chi connectivity index (χ3n) is 5.77. The Morgan fingerprint density at radius 1 is 1.03 bits per heavy atom. The number of nitrogens with zero attached hydrogens (tertiary/aromatic N) is 4. The number of H-pyrrole nitrogens is 1. The van der Waals surface area contributed by atoms with Crippen LogP contribution in [-0.4, -0.2) is 45.3 Å². The molecule has 0 unspecified atom stereocenters. The van der Waals surface area contributed by atoms with Crippen LogP contribution in [0.5, 0.6) is 0 Å². The number of aromatic amines is 1. The first-order chi connectivity index (χ1) is 15.1. The zero-order chi connectivity index (χ0) is 21.4. The molecule has 162 valence electrons. The molecule has 4 aromatic rings. The van der Waals surface area contributed by atoms with Gasteiger partial charge in [-0.15, -0.1) is 0 Å². The zero-order valence-corrected chi connectivity index (χ0v) is 19.0. The molecule has 5 rings (SSSR count). The lowest BCUT2D eigenvalue weighted by atomic mass is 10.2. The minimum atomic E-state index is -3.47. The first kappa shape index (κ1) is 20.5. The van der Waals surface area contributed by atoms with Crippen molar-refractivity contribution in [2.45, 2.75) is 48.5 Å². The van der Waals surface area contributed by atoms with Crippen molar-refractivity contribution in [2.75, 3.05) is 13.1 Å². The molecule has 1 aliphatic rings. The molecule has 0 atom stereocenters. The molecule has 1 aliphatic heterocycles. The van der Waals surface area contributed by atoms with Crippen molar-refractivity contribution < 1.29 is 8.42 Å². The number of aryl methyl sites for hydroxylation is 1. The van der Waals surface area contributed by atoms with Crippen molar-refractivity contribution in [1.82, 2.24) is 23.8 Å². The Bertz CT molecular complexity index is 1300. The summed E-state index contributed by atoms with van der Waals surface area (Å²) < 4.78 is 29.9. The maximum absolute atomic E-state index is 13.1. The molecule has 0 amide bonds. The van der Waals surface area contributed by atoms with E-state index < -0.39 is 10.0 Å². The molecule has 0 bridgehead atoms. The van der Waals surface area contributed by atoms with Crippen LogP contribution in [-0.2, 0) is 22.3 Å². The van der Waals surface area contributed by atoms with Gasteiger partial charge >= 0.3 is 0 Å². The van der Waals surface area contributed by atoms with E-state index in [1.165, 1.54) is 0 Å². The smallest absolute Gasteiger partial charge is 0.243 e. The van der Waals surface area contributed by atoms with Gasteiger partial charge in [-0.2, -0.15) is 4.31 Å². The lowest BCUT2D eigenvalue weighted by Gasteiger charge is -2.25. The van der Waals surface area contributed by atoms with Crippen molar-refractivity contribution in [2.24, 2.45) is 0 Å². The van der Waals surface area contributed by atoms with Crippen LogP contribution in [0.25, 0.3) is 22.1 Å². The fourth-order valence-electron chi connectivity index (χ4n) is 4.17. The van der Waals surface area contributed by atoms with E-state index in [-0.39, 0.29) is 0 Å². The summed E-state index contributed by atoms with van der Waals surface area (Å²) in [5.41, 5.74) is 3.64. The van der Waals surface area contributed by atoms with E-state index in [2.05, 4.69) is 21.5 Å². The monoisotopic (exact) mass is 455 g/mol. The molecule has 1 saturated heterocycles. The van der Waals surface area contributed by atoms with Crippen LogP contribution >= 0.6 is 11.8 Å². The molecule has 1 fully saturated rings. The molecule has 0 radical (unpaired) electrons. The second-order valence-corrected chi connectivity index (χ2v) is 10.6. The predicted octanol–water partition coefficient (Wildman–Crippen LogP) is 4.40. The van der Waals surface area contributed by atoms with Gasteiger partial charge in [0.2, 0.25) is 10.0 Å². The molecule has 0 aliphatic carbocycles. The van der Waals surface area contributed by atoms with Gasteiger partial charge in [-0.25, -0.2) is 18.4 Å². The van der Waals surface area contributed by atoms with E-state index in [0.29, 0.717) is 23.7 Å². The predicted molar refractivity (Wildman–Crippen MR) is 124 cm³/mol. The van der Waals surface area contributed by atoms with Crippen LogP contribution in [0.2, 0.25) is 0 Å². The highest BCUT2D eigenvalue weighted by atomic mass is 32.2. The summed E-state index contributed by atoms with van der Waals surface area (Å²) in [7, 11) is -3.47. The van der Waals surface area contributed by atoms with Gasteiger partial charge in [0.1, 0.15) is 5.82 Å². The summed E-state index contributed by atoms with van der Waals surface area (Å²) in [6.45, 7) is 4.05. The van der Waals surface area contributed by atoms with E-state index in [9.17, 15) is 8.42 Å². The molecular weight excluding hydrogens is 430 g/mol. The van der Waals surface area contributed by atoms with Gasteiger partial charge in [0, 0.05) is 19.6 Å². The highest BCUT2D eigenvalue weighted by molar-refractivity contribution is 7.98. The quantitative estimate of drug-likeness (QED) is 0.436. The summed E-state index contributed by atoms with van der Waals surface area (Å²) in [6.07, 6.45) is 2.95. The molecule has 2 aromatic carbocycles. The third-order valence-corrected chi connectivity index (χ3v) is 8.54. The number of sulfonamides is 1. The number of aromatic nitrogens is 4. The van der Waals surface area contributed by atoms with Crippen molar-refractivity contribution in [3.63, 3.8) is 0 Å². The average molecular weight is 456 g/mol. The molecule has 31 heavy (non-hydrogen) atoms. The second kappa shape index (κ2) is 8.29. The minimum absolute atomic E-state index is 0.333. The minimum Gasteiger partial charge on any atom is -0.333 e. The summed E-state index contributed by atoms with van der Waals surface area (Å²) in [5, 5.41) is 0.851. The zero-order valence-electron chi connectivity index (χ0n) is 17.4. The highest BCUT2D eigenvalue weighted by Gasteiger charge is 2.26. The number of thioether (sulfide) groups is 1. The Morgan fingerprint density at radius 3 is 2.61 bits per heavy atom. The molecular formula is C22H25N5O2S2. The Hall–Kier alpha value is -2.36. The van der Waals surface area contributed by atoms with Crippen molar-refractivity contribution in [3.05, 3.63) is 48.3 Å². The van der Waals surface area contributed by atoms with Crippen LogP contribution < -0.4 is 0 Å². The second-order valence-electron chi connectivity index (χ2n) is 7.74. The first-order valence-electron chi connectivity index (χ1n) is 10.6. The van der Waals surface area contributed by atoms with Gasteiger partial charge < -0.3 is 9.55 Å². The van der Waals surface area contributed by atoms with Crippen molar-refractivity contribution in [1.29, 1.82) is 0 Å². The number of benzene rings is 2. The Balaban J connectivity index is 1.43. The topological polar surface area (TPSA) is 83.9 Å². The fraction of sp³-hybridized carbons (Fsp3) is 0.364. The van der Waals surface area contributed by atoms with E-state index in [1.54, 1.807) is 28.2 Å². The normalized spacial score (nSPS) is 15.8. The third kappa shape index (κ3) is 3.86. The number of hydrogen-bond donors (Lipinski definition) is 1. The number of fused-ring (bicyclic) bond motifs is 2. The van der Waals surface area contributed by atoms with E-state index >= 15 is 0 Å². The van der Waals surface area contributed by atoms with Gasteiger partial charge in [0.15, 0.2) is 5.16 Å². The van der Waals surface area contributed by atoms with Crippen LogP contribution in [0.4, 0.5) is 0 Å².